The lowest BCUT2D eigenvalue weighted by Crippen LogP contribution is -1.95. The van der Waals surface area contributed by atoms with Crippen molar-refractivity contribution in [2.45, 2.75) is 13.3 Å². The highest BCUT2D eigenvalue weighted by molar-refractivity contribution is 5.27. The van der Waals surface area contributed by atoms with Crippen molar-refractivity contribution in [1.82, 2.24) is 4.98 Å². The van der Waals surface area contributed by atoms with Gasteiger partial charge in [0.15, 0.2) is 0 Å². The standard InChI is InChI=1S/C9H10N2O/c1-7-3-4-8(5-6-10)11-9(7)12-2/h3-4H,5H2,1-2H3. The number of pyridine rings is 1. The van der Waals surface area contributed by atoms with E-state index >= 15 is 0 Å². The molecule has 0 spiro atoms. The minimum atomic E-state index is 0.330. The predicted molar refractivity (Wildman–Crippen MR) is 44.8 cm³/mol. The number of hydrogen-bond donors (Lipinski definition) is 0. The van der Waals surface area contributed by atoms with Gasteiger partial charge in [-0.1, -0.05) is 6.07 Å². The summed E-state index contributed by atoms with van der Waals surface area (Å²) in [5, 5.41) is 8.42. The number of nitriles is 1. The molecule has 62 valence electrons. The summed E-state index contributed by atoms with van der Waals surface area (Å²) >= 11 is 0. The summed E-state index contributed by atoms with van der Waals surface area (Å²) in [5.74, 6) is 0.600. The topological polar surface area (TPSA) is 45.9 Å². The average Bonchev–Trinajstić information content (AvgIpc) is 2.09. The van der Waals surface area contributed by atoms with E-state index in [2.05, 4.69) is 4.98 Å². The van der Waals surface area contributed by atoms with E-state index < -0.39 is 0 Å². The highest BCUT2D eigenvalue weighted by atomic mass is 16.5. The van der Waals surface area contributed by atoms with Crippen LogP contribution in [0.1, 0.15) is 11.3 Å². The van der Waals surface area contributed by atoms with Gasteiger partial charge in [0.25, 0.3) is 0 Å². The molecule has 0 atom stereocenters. The lowest BCUT2D eigenvalue weighted by molar-refractivity contribution is 0.393. The summed E-state index contributed by atoms with van der Waals surface area (Å²) < 4.78 is 5.01. The van der Waals surface area contributed by atoms with Crippen molar-refractivity contribution in [3.8, 4) is 11.9 Å². The molecular weight excluding hydrogens is 152 g/mol. The molecule has 0 bridgehead atoms. The van der Waals surface area contributed by atoms with Crippen molar-refractivity contribution in [3.63, 3.8) is 0 Å². The van der Waals surface area contributed by atoms with Crippen LogP contribution >= 0.6 is 0 Å². The summed E-state index contributed by atoms with van der Waals surface area (Å²) in [5.41, 5.74) is 1.74. The van der Waals surface area contributed by atoms with Crippen molar-refractivity contribution in [2.75, 3.05) is 7.11 Å². The van der Waals surface area contributed by atoms with Crippen LogP contribution in [0.3, 0.4) is 0 Å². The Labute approximate surface area is 71.6 Å². The van der Waals surface area contributed by atoms with Gasteiger partial charge < -0.3 is 4.74 Å². The zero-order valence-electron chi connectivity index (χ0n) is 7.16. The molecule has 0 amide bonds. The largest absolute Gasteiger partial charge is 0.481 e. The molecule has 1 aromatic rings. The van der Waals surface area contributed by atoms with Crippen LogP contribution in [0.2, 0.25) is 0 Å². The number of hydrogen-bond acceptors (Lipinski definition) is 3. The Balaban J connectivity index is 2.98. The van der Waals surface area contributed by atoms with Gasteiger partial charge in [0.2, 0.25) is 5.88 Å². The predicted octanol–water partition coefficient (Wildman–Crippen LogP) is 1.46. The van der Waals surface area contributed by atoms with Crippen LogP contribution in [0.25, 0.3) is 0 Å². The Morgan fingerprint density at radius 3 is 2.92 bits per heavy atom. The highest BCUT2D eigenvalue weighted by Crippen LogP contribution is 2.13. The quantitative estimate of drug-likeness (QED) is 0.661. The fourth-order valence-electron chi connectivity index (χ4n) is 0.934. The van der Waals surface area contributed by atoms with E-state index in [-0.39, 0.29) is 0 Å². The number of aromatic nitrogens is 1. The third-order valence-electron chi connectivity index (χ3n) is 1.56. The second kappa shape index (κ2) is 3.72. The zero-order valence-corrected chi connectivity index (χ0v) is 7.16. The minimum absolute atomic E-state index is 0.330. The van der Waals surface area contributed by atoms with Crippen LogP contribution in [-0.2, 0) is 6.42 Å². The molecule has 0 aliphatic carbocycles. The molecule has 0 aliphatic rings. The molecule has 0 saturated heterocycles. The Kier molecular flexibility index (Phi) is 2.65. The van der Waals surface area contributed by atoms with E-state index in [1.807, 2.05) is 25.1 Å². The van der Waals surface area contributed by atoms with Crippen molar-refractivity contribution in [3.05, 3.63) is 23.4 Å². The normalized spacial score (nSPS) is 9.08. The zero-order chi connectivity index (χ0) is 8.97. The molecule has 0 unspecified atom stereocenters. The van der Waals surface area contributed by atoms with Crippen LogP contribution in [0, 0.1) is 18.3 Å². The van der Waals surface area contributed by atoms with Gasteiger partial charge in [-0.3, -0.25) is 0 Å². The molecule has 3 nitrogen and oxygen atoms in total. The molecule has 3 heteroatoms. The number of methoxy groups -OCH3 is 1. The average molecular weight is 162 g/mol. The van der Waals surface area contributed by atoms with Crippen molar-refractivity contribution in [2.24, 2.45) is 0 Å². The van der Waals surface area contributed by atoms with Gasteiger partial charge in [-0.15, -0.1) is 0 Å². The fraction of sp³-hybridized carbons (Fsp3) is 0.333. The molecule has 1 aromatic heterocycles. The lowest BCUT2D eigenvalue weighted by atomic mass is 10.2. The van der Waals surface area contributed by atoms with Crippen LogP contribution in [0.5, 0.6) is 5.88 Å². The van der Waals surface area contributed by atoms with Gasteiger partial charge in [0.1, 0.15) is 0 Å². The van der Waals surface area contributed by atoms with Gasteiger partial charge in [-0.05, 0) is 13.0 Å². The molecule has 12 heavy (non-hydrogen) atoms. The molecule has 0 aliphatic heterocycles. The number of ether oxygens (including phenoxy) is 1. The van der Waals surface area contributed by atoms with E-state index in [9.17, 15) is 0 Å². The first-order valence-corrected chi connectivity index (χ1v) is 3.65. The summed E-state index contributed by atoms with van der Waals surface area (Å²) in [6.45, 7) is 1.92. The van der Waals surface area contributed by atoms with Crippen molar-refractivity contribution >= 4 is 0 Å². The van der Waals surface area contributed by atoms with Gasteiger partial charge in [-0.2, -0.15) is 5.26 Å². The first-order chi connectivity index (χ1) is 5.77. The molecule has 1 heterocycles. The Bertz CT molecular complexity index is 315. The first-order valence-electron chi connectivity index (χ1n) is 3.65. The number of rotatable bonds is 2. The molecule has 0 aromatic carbocycles. The molecule has 0 radical (unpaired) electrons. The monoisotopic (exact) mass is 162 g/mol. The SMILES string of the molecule is COc1nc(CC#N)ccc1C. The van der Waals surface area contributed by atoms with Gasteiger partial charge in [0, 0.05) is 5.56 Å². The molecule has 0 fully saturated rings. The van der Waals surface area contributed by atoms with Crippen molar-refractivity contribution < 1.29 is 4.74 Å². The molecule has 0 N–H and O–H groups in total. The van der Waals surface area contributed by atoms with Crippen molar-refractivity contribution in [1.29, 1.82) is 5.26 Å². The molecular formula is C9H10N2O. The number of aryl methyl sites for hydroxylation is 1. The highest BCUT2D eigenvalue weighted by Gasteiger charge is 2.00. The summed E-state index contributed by atoms with van der Waals surface area (Å²) in [4.78, 5) is 4.14. The fourth-order valence-corrected chi connectivity index (χ4v) is 0.934. The van der Waals surface area contributed by atoms with Crippen LogP contribution in [0.4, 0.5) is 0 Å². The van der Waals surface area contributed by atoms with Crippen LogP contribution in [-0.4, -0.2) is 12.1 Å². The molecule has 0 saturated carbocycles. The van der Waals surface area contributed by atoms with E-state index in [4.69, 9.17) is 10.00 Å². The minimum Gasteiger partial charge on any atom is -0.481 e. The van der Waals surface area contributed by atoms with Crippen LogP contribution < -0.4 is 4.74 Å². The number of nitrogens with zero attached hydrogens (tertiary/aromatic N) is 2. The smallest absolute Gasteiger partial charge is 0.216 e. The Hall–Kier alpha value is -1.56. The van der Waals surface area contributed by atoms with Gasteiger partial charge in [-0.25, -0.2) is 4.98 Å². The first kappa shape index (κ1) is 8.54. The summed E-state index contributed by atoms with van der Waals surface area (Å²) in [6.07, 6.45) is 0.330. The van der Waals surface area contributed by atoms with Gasteiger partial charge in [0.05, 0.1) is 25.3 Å². The second-order valence-electron chi connectivity index (χ2n) is 2.46. The molecule has 1 rings (SSSR count). The van der Waals surface area contributed by atoms with E-state index in [1.165, 1.54) is 0 Å². The van der Waals surface area contributed by atoms with Crippen LogP contribution in [0.15, 0.2) is 12.1 Å². The van der Waals surface area contributed by atoms with E-state index in [1.54, 1.807) is 7.11 Å². The maximum atomic E-state index is 8.42. The lowest BCUT2D eigenvalue weighted by Gasteiger charge is -2.03. The third-order valence-corrected chi connectivity index (χ3v) is 1.56. The maximum Gasteiger partial charge on any atom is 0.216 e. The van der Waals surface area contributed by atoms with Gasteiger partial charge >= 0.3 is 0 Å². The van der Waals surface area contributed by atoms with E-state index in [0.29, 0.717) is 12.3 Å². The second-order valence-corrected chi connectivity index (χ2v) is 2.46. The third kappa shape index (κ3) is 1.73. The summed E-state index contributed by atoms with van der Waals surface area (Å²) in [6, 6.07) is 5.77. The summed E-state index contributed by atoms with van der Waals surface area (Å²) in [7, 11) is 1.57. The Morgan fingerprint density at radius 2 is 2.33 bits per heavy atom. The van der Waals surface area contributed by atoms with E-state index in [0.717, 1.165) is 11.3 Å². The Morgan fingerprint density at radius 1 is 1.58 bits per heavy atom. The maximum absolute atomic E-state index is 8.42.